The van der Waals surface area contributed by atoms with Crippen LogP contribution in [0.4, 0.5) is 0 Å². The van der Waals surface area contributed by atoms with Gasteiger partial charge in [-0.1, -0.05) is 48.8 Å². The third-order valence-corrected chi connectivity index (χ3v) is 4.11. The van der Waals surface area contributed by atoms with Gasteiger partial charge in [0.15, 0.2) is 0 Å². The maximum Gasteiger partial charge on any atom is 0.121 e. The number of nitrogens with one attached hydrogen (secondary N) is 1. The van der Waals surface area contributed by atoms with Gasteiger partial charge in [0.1, 0.15) is 5.75 Å². The number of halogens is 1. The first-order valence-electron chi connectivity index (χ1n) is 7.24. The quantitative estimate of drug-likeness (QED) is 0.632. The number of H-pyrrole nitrogens is 1. The van der Waals surface area contributed by atoms with Crippen molar-refractivity contribution < 1.29 is 4.74 Å². The average Bonchev–Trinajstić information content (AvgIpc) is 2.80. The molecule has 0 aliphatic heterocycles. The number of aromatic amines is 1. The molecular weight excluding hydrogens is 326 g/mol. The number of benzene rings is 2. The van der Waals surface area contributed by atoms with Crippen LogP contribution in [-0.4, -0.2) is 16.9 Å². The van der Waals surface area contributed by atoms with Crippen LogP contribution in [0, 0.1) is 0 Å². The Labute approximate surface area is 133 Å². The maximum atomic E-state index is 5.67. The summed E-state index contributed by atoms with van der Waals surface area (Å²) >= 11 is 3.38. The zero-order valence-corrected chi connectivity index (χ0v) is 14.3. The number of hydrogen-bond donors (Lipinski definition) is 1. The lowest BCUT2D eigenvalue weighted by Gasteiger charge is -2.18. The Balaban J connectivity index is 2.10. The predicted octanol–water partition coefficient (Wildman–Crippen LogP) is 5.39. The first kappa shape index (κ1) is 14.5. The fraction of sp³-hybridized carbons (Fsp3) is 0.333. The van der Waals surface area contributed by atoms with Crippen molar-refractivity contribution in [2.24, 2.45) is 0 Å². The topological polar surface area (TPSA) is 25.0 Å². The molecule has 3 heteroatoms. The van der Waals surface area contributed by atoms with Crippen molar-refractivity contribution in [1.29, 1.82) is 0 Å². The van der Waals surface area contributed by atoms with Gasteiger partial charge >= 0.3 is 0 Å². The lowest BCUT2D eigenvalue weighted by Crippen LogP contribution is -2.10. The summed E-state index contributed by atoms with van der Waals surface area (Å²) in [7, 11) is 0. The second-order valence-corrected chi connectivity index (χ2v) is 7.17. The highest BCUT2D eigenvalue weighted by atomic mass is 79.9. The summed E-state index contributed by atoms with van der Waals surface area (Å²) in [5.41, 5.74) is 3.82. The van der Waals surface area contributed by atoms with E-state index in [1.165, 1.54) is 21.9 Å². The monoisotopic (exact) mass is 345 g/mol. The van der Waals surface area contributed by atoms with Gasteiger partial charge in [0.25, 0.3) is 0 Å². The van der Waals surface area contributed by atoms with E-state index in [-0.39, 0.29) is 5.41 Å². The second kappa shape index (κ2) is 5.38. The van der Waals surface area contributed by atoms with Crippen LogP contribution < -0.4 is 4.74 Å². The fourth-order valence-electron chi connectivity index (χ4n) is 2.60. The van der Waals surface area contributed by atoms with Crippen LogP contribution in [0.25, 0.3) is 21.8 Å². The van der Waals surface area contributed by atoms with Crippen molar-refractivity contribution in [3.05, 3.63) is 42.0 Å². The number of rotatable bonds is 3. The van der Waals surface area contributed by atoms with E-state index >= 15 is 0 Å². The van der Waals surface area contributed by atoms with E-state index in [9.17, 15) is 0 Å². The minimum Gasteiger partial charge on any atom is -0.493 e. The molecule has 0 bridgehead atoms. The van der Waals surface area contributed by atoms with Crippen molar-refractivity contribution in [2.45, 2.75) is 26.2 Å². The second-order valence-electron chi connectivity index (χ2n) is 6.38. The maximum absolute atomic E-state index is 5.67. The third kappa shape index (κ3) is 2.80. The highest BCUT2D eigenvalue weighted by Crippen LogP contribution is 2.31. The molecular formula is C18H20BrNO. The summed E-state index contributed by atoms with van der Waals surface area (Å²) in [4.78, 5) is 3.52. The van der Waals surface area contributed by atoms with Gasteiger partial charge in [-0.3, -0.25) is 0 Å². The van der Waals surface area contributed by atoms with Crippen LogP contribution in [0.2, 0.25) is 0 Å². The van der Waals surface area contributed by atoms with Gasteiger partial charge in [0.2, 0.25) is 0 Å². The van der Waals surface area contributed by atoms with Crippen LogP contribution in [0.5, 0.6) is 5.75 Å². The number of aromatic nitrogens is 1. The molecule has 2 nitrogen and oxygen atoms in total. The van der Waals surface area contributed by atoms with E-state index < -0.39 is 0 Å². The minimum absolute atomic E-state index is 0.162. The van der Waals surface area contributed by atoms with E-state index in [1.807, 2.05) is 6.07 Å². The van der Waals surface area contributed by atoms with Gasteiger partial charge < -0.3 is 9.72 Å². The Bertz CT molecular complexity index is 783. The molecule has 3 rings (SSSR count). The highest BCUT2D eigenvalue weighted by Gasteiger charge is 2.15. The first-order chi connectivity index (χ1) is 9.99. The Hall–Kier alpha value is -1.48. The zero-order valence-electron chi connectivity index (χ0n) is 12.7. The summed E-state index contributed by atoms with van der Waals surface area (Å²) < 4.78 is 5.67. The lowest BCUT2D eigenvalue weighted by atomic mass is 9.86. The molecule has 0 radical (unpaired) electrons. The molecule has 21 heavy (non-hydrogen) atoms. The molecule has 0 fully saturated rings. The van der Waals surface area contributed by atoms with Crippen LogP contribution in [-0.2, 0) is 5.41 Å². The molecule has 2 aromatic carbocycles. The normalized spacial score (nSPS) is 12.2. The summed E-state index contributed by atoms with van der Waals surface area (Å²) in [6, 6.07) is 13.0. The summed E-state index contributed by atoms with van der Waals surface area (Å²) in [5.74, 6) is 0.907. The van der Waals surface area contributed by atoms with Crippen molar-refractivity contribution in [3.63, 3.8) is 0 Å². The van der Waals surface area contributed by atoms with Crippen LogP contribution in [0.1, 0.15) is 26.3 Å². The van der Waals surface area contributed by atoms with Gasteiger partial charge in [-0.15, -0.1) is 0 Å². The van der Waals surface area contributed by atoms with E-state index in [2.05, 4.69) is 72.0 Å². The molecule has 0 unspecified atom stereocenters. The van der Waals surface area contributed by atoms with Crippen LogP contribution in [0.15, 0.2) is 36.4 Å². The molecule has 0 aliphatic carbocycles. The average molecular weight is 346 g/mol. The standard InChI is InChI=1S/C18H20BrNO/c1-18(2,3)12-4-6-14-15-7-5-13(21-9-8-19)11-17(15)20-16(14)10-12/h4-7,10-11,20H,8-9H2,1-3H3. The molecule has 1 heterocycles. The Morgan fingerprint density at radius 2 is 1.67 bits per heavy atom. The SMILES string of the molecule is CC(C)(C)c1ccc2c(c1)[nH]c1cc(OCCBr)ccc12. The molecule has 3 aromatic rings. The molecule has 0 amide bonds. The number of fused-ring (bicyclic) bond motifs is 3. The van der Waals surface area contributed by atoms with Crippen LogP contribution in [0.3, 0.4) is 0 Å². The zero-order chi connectivity index (χ0) is 15.0. The van der Waals surface area contributed by atoms with E-state index in [4.69, 9.17) is 4.74 Å². The molecule has 0 saturated carbocycles. The van der Waals surface area contributed by atoms with Gasteiger partial charge in [0, 0.05) is 27.7 Å². The molecule has 1 aromatic heterocycles. The smallest absolute Gasteiger partial charge is 0.121 e. The molecule has 0 aliphatic rings. The van der Waals surface area contributed by atoms with Crippen molar-refractivity contribution in [2.75, 3.05) is 11.9 Å². The van der Waals surface area contributed by atoms with Crippen molar-refractivity contribution >= 4 is 37.7 Å². The molecule has 0 spiro atoms. The summed E-state index contributed by atoms with van der Waals surface area (Å²) in [5, 5.41) is 3.36. The van der Waals surface area contributed by atoms with Crippen molar-refractivity contribution in [3.8, 4) is 5.75 Å². The van der Waals surface area contributed by atoms with Crippen molar-refractivity contribution in [1.82, 2.24) is 4.98 Å². The first-order valence-corrected chi connectivity index (χ1v) is 8.36. The molecule has 0 saturated heterocycles. The molecule has 0 atom stereocenters. The summed E-state index contributed by atoms with van der Waals surface area (Å²) in [6.45, 7) is 7.40. The van der Waals surface area contributed by atoms with Crippen LogP contribution >= 0.6 is 15.9 Å². The minimum atomic E-state index is 0.162. The predicted molar refractivity (Wildman–Crippen MR) is 93.8 cm³/mol. The van der Waals surface area contributed by atoms with Gasteiger partial charge in [-0.25, -0.2) is 0 Å². The van der Waals surface area contributed by atoms with E-state index in [0.717, 1.165) is 16.6 Å². The number of ether oxygens (including phenoxy) is 1. The number of hydrogen-bond acceptors (Lipinski definition) is 1. The Kier molecular flexibility index (Phi) is 3.70. The van der Waals surface area contributed by atoms with Gasteiger partial charge in [-0.2, -0.15) is 0 Å². The van der Waals surface area contributed by atoms with E-state index in [1.54, 1.807) is 0 Å². The summed E-state index contributed by atoms with van der Waals surface area (Å²) in [6.07, 6.45) is 0. The van der Waals surface area contributed by atoms with Gasteiger partial charge in [0.05, 0.1) is 12.1 Å². The Morgan fingerprint density at radius 3 is 2.33 bits per heavy atom. The third-order valence-electron chi connectivity index (χ3n) is 3.78. The number of alkyl halides is 1. The molecule has 110 valence electrons. The Morgan fingerprint density at radius 1 is 1.00 bits per heavy atom. The van der Waals surface area contributed by atoms with Gasteiger partial charge in [-0.05, 0) is 29.2 Å². The van der Waals surface area contributed by atoms with E-state index in [0.29, 0.717) is 6.61 Å². The molecule has 1 N–H and O–H groups in total. The largest absolute Gasteiger partial charge is 0.493 e. The fourth-order valence-corrected chi connectivity index (χ4v) is 2.76. The lowest BCUT2D eigenvalue weighted by molar-refractivity contribution is 0.345. The highest BCUT2D eigenvalue weighted by molar-refractivity contribution is 9.09.